The number of benzene rings is 2. The molecule has 1 aliphatic heterocycles. The van der Waals surface area contributed by atoms with Gasteiger partial charge in [-0.3, -0.25) is 9.59 Å². The highest BCUT2D eigenvalue weighted by molar-refractivity contribution is 5.96. The summed E-state index contributed by atoms with van der Waals surface area (Å²) >= 11 is 0. The SMILES string of the molecule is COc1ccc(C(=O)NCC(=O)NC2COc3ccccc3C2)cc1. The van der Waals surface area contributed by atoms with Crippen LogP contribution in [0.2, 0.25) is 0 Å². The molecule has 2 aromatic rings. The van der Waals surface area contributed by atoms with Gasteiger partial charge in [0.15, 0.2) is 0 Å². The van der Waals surface area contributed by atoms with Crippen molar-refractivity contribution < 1.29 is 19.1 Å². The van der Waals surface area contributed by atoms with E-state index >= 15 is 0 Å². The van der Waals surface area contributed by atoms with E-state index in [0.717, 1.165) is 11.3 Å². The molecule has 0 bridgehead atoms. The Hall–Kier alpha value is -3.02. The Bertz CT molecular complexity index is 758. The fourth-order valence-electron chi connectivity index (χ4n) is 2.70. The van der Waals surface area contributed by atoms with Gasteiger partial charge in [0.05, 0.1) is 19.7 Å². The first-order valence-corrected chi connectivity index (χ1v) is 8.08. The van der Waals surface area contributed by atoms with E-state index < -0.39 is 0 Å². The fraction of sp³-hybridized carbons (Fsp3) is 0.263. The molecule has 1 unspecified atom stereocenters. The van der Waals surface area contributed by atoms with Crippen LogP contribution in [-0.4, -0.2) is 38.1 Å². The number of fused-ring (bicyclic) bond motifs is 1. The summed E-state index contributed by atoms with van der Waals surface area (Å²) in [6.07, 6.45) is 0.717. The summed E-state index contributed by atoms with van der Waals surface area (Å²) in [6.45, 7) is 0.345. The Morgan fingerprint density at radius 3 is 2.68 bits per heavy atom. The lowest BCUT2D eigenvalue weighted by molar-refractivity contribution is -0.121. The Balaban J connectivity index is 1.47. The van der Waals surface area contributed by atoms with Gasteiger partial charge in [-0.15, -0.1) is 0 Å². The first-order chi connectivity index (χ1) is 12.2. The molecule has 6 heteroatoms. The maximum atomic E-state index is 12.1. The number of carbonyl (C=O) groups excluding carboxylic acids is 2. The second-order valence-electron chi connectivity index (χ2n) is 5.80. The van der Waals surface area contributed by atoms with Gasteiger partial charge < -0.3 is 20.1 Å². The number of hydrogen-bond acceptors (Lipinski definition) is 4. The molecule has 0 aromatic heterocycles. The van der Waals surface area contributed by atoms with Crippen molar-refractivity contribution in [2.45, 2.75) is 12.5 Å². The van der Waals surface area contributed by atoms with E-state index in [1.54, 1.807) is 31.4 Å². The van der Waals surface area contributed by atoms with E-state index in [0.29, 0.717) is 24.3 Å². The van der Waals surface area contributed by atoms with E-state index in [2.05, 4.69) is 10.6 Å². The molecule has 130 valence electrons. The van der Waals surface area contributed by atoms with Crippen LogP contribution in [0.5, 0.6) is 11.5 Å². The molecular formula is C19H20N2O4. The molecule has 0 spiro atoms. The van der Waals surface area contributed by atoms with E-state index in [1.165, 1.54) is 0 Å². The molecule has 0 saturated carbocycles. The van der Waals surface area contributed by atoms with Crippen molar-refractivity contribution in [3.05, 3.63) is 59.7 Å². The van der Waals surface area contributed by atoms with Gasteiger partial charge in [0, 0.05) is 5.56 Å². The number of rotatable bonds is 5. The molecule has 1 aliphatic rings. The number of amides is 2. The molecule has 25 heavy (non-hydrogen) atoms. The van der Waals surface area contributed by atoms with E-state index in [4.69, 9.17) is 9.47 Å². The van der Waals surface area contributed by atoms with Gasteiger partial charge in [0.2, 0.25) is 5.91 Å². The summed E-state index contributed by atoms with van der Waals surface area (Å²) in [5.74, 6) is 0.991. The average molecular weight is 340 g/mol. The van der Waals surface area contributed by atoms with Crippen molar-refractivity contribution in [2.75, 3.05) is 20.3 Å². The van der Waals surface area contributed by atoms with Crippen molar-refractivity contribution in [3.63, 3.8) is 0 Å². The number of carbonyl (C=O) groups is 2. The Morgan fingerprint density at radius 1 is 1.16 bits per heavy atom. The van der Waals surface area contributed by atoms with Gasteiger partial charge in [-0.05, 0) is 42.3 Å². The minimum absolute atomic E-state index is 0.0803. The zero-order chi connectivity index (χ0) is 17.6. The zero-order valence-electron chi connectivity index (χ0n) is 14.0. The summed E-state index contributed by atoms with van der Waals surface area (Å²) in [7, 11) is 1.56. The zero-order valence-corrected chi connectivity index (χ0v) is 14.0. The molecular weight excluding hydrogens is 320 g/mol. The van der Waals surface area contributed by atoms with Crippen LogP contribution in [0.1, 0.15) is 15.9 Å². The van der Waals surface area contributed by atoms with Crippen LogP contribution in [0.15, 0.2) is 48.5 Å². The molecule has 0 radical (unpaired) electrons. The van der Waals surface area contributed by atoms with Crippen molar-refractivity contribution in [1.82, 2.24) is 10.6 Å². The van der Waals surface area contributed by atoms with Gasteiger partial charge in [0.25, 0.3) is 5.91 Å². The molecule has 1 heterocycles. The summed E-state index contributed by atoms with van der Waals surface area (Å²) in [5, 5.41) is 5.50. The van der Waals surface area contributed by atoms with Crippen molar-refractivity contribution >= 4 is 11.8 Å². The monoisotopic (exact) mass is 340 g/mol. The first-order valence-electron chi connectivity index (χ1n) is 8.08. The third-order valence-corrected chi connectivity index (χ3v) is 4.01. The lowest BCUT2D eigenvalue weighted by atomic mass is 10.0. The van der Waals surface area contributed by atoms with E-state index in [1.807, 2.05) is 24.3 Å². The van der Waals surface area contributed by atoms with Crippen LogP contribution >= 0.6 is 0 Å². The molecule has 2 amide bonds. The van der Waals surface area contributed by atoms with Gasteiger partial charge in [-0.25, -0.2) is 0 Å². The summed E-state index contributed by atoms with van der Waals surface area (Å²) in [5.41, 5.74) is 1.55. The van der Waals surface area contributed by atoms with Crippen molar-refractivity contribution in [3.8, 4) is 11.5 Å². The maximum Gasteiger partial charge on any atom is 0.251 e. The van der Waals surface area contributed by atoms with E-state index in [9.17, 15) is 9.59 Å². The van der Waals surface area contributed by atoms with Crippen LogP contribution in [0, 0.1) is 0 Å². The molecule has 2 N–H and O–H groups in total. The number of hydrogen-bond donors (Lipinski definition) is 2. The second kappa shape index (κ2) is 7.70. The fourth-order valence-corrected chi connectivity index (χ4v) is 2.70. The summed E-state index contributed by atoms with van der Waals surface area (Å²) < 4.78 is 10.7. The largest absolute Gasteiger partial charge is 0.497 e. The van der Waals surface area contributed by atoms with Crippen LogP contribution in [0.3, 0.4) is 0 Å². The number of nitrogens with one attached hydrogen (secondary N) is 2. The van der Waals surface area contributed by atoms with Gasteiger partial charge in [-0.1, -0.05) is 18.2 Å². The number of ether oxygens (including phenoxy) is 2. The quantitative estimate of drug-likeness (QED) is 0.866. The predicted octanol–water partition coefficient (Wildman–Crippen LogP) is 1.54. The molecule has 0 aliphatic carbocycles. The van der Waals surface area contributed by atoms with Crippen LogP contribution < -0.4 is 20.1 Å². The predicted molar refractivity (Wildman–Crippen MR) is 92.9 cm³/mol. The van der Waals surface area contributed by atoms with Gasteiger partial charge in [-0.2, -0.15) is 0 Å². The smallest absolute Gasteiger partial charge is 0.251 e. The number of para-hydroxylation sites is 1. The van der Waals surface area contributed by atoms with Gasteiger partial charge >= 0.3 is 0 Å². The topological polar surface area (TPSA) is 76.7 Å². The van der Waals surface area contributed by atoms with E-state index in [-0.39, 0.29) is 24.4 Å². The van der Waals surface area contributed by atoms with Crippen molar-refractivity contribution in [2.24, 2.45) is 0 Å². The molecule has 2 aromatic carbocycles. The lowest BCUT2D eigenvalue weighted by Gasteiger charge is -2.26. The average Bonchev–Trinajstić information content (AvgIpc) is 2.66. The Labute approximate surface area is 146 Å². The molecule has 0 saturated heterocycles. The highest BCUT2D eigenvalue weighted by atomic mass is 16.5. The highest BCUT2D eigenvalue weighted by Gasteiger charge is 2.21. The maximum absolute atomic E-state index is 12.1. The molecule has 6 nitrogen and oxygen atoms in total. The molecule has 1 atom stereocenters. The Kier molecular flexibility index (Phi) is 5.18. The number of methoxy groups -OCH3 is 1. The highest BCUT2D eigenvalue weighted by Crippen LogP contribution is 2.23. The van der Waals surface area contributed by atoms with Crippen molar-refractivity contribution in [1.29, 1.82) is 0 Å². The standard InChI is InChI=1S/C19H20N2O4/c1-24-16-8-6-13(7-9-16)19(23)20-11-18(22)21-15-10-14-4-2-3-5-17(14)25-12-15/h2-9,15H,10-12H2,1H3,(H,20,23)(H,21,22). The van der Waals surface area contributed by atoms with Crippen LogP contribution in [0.25, 0.3) is 0 Å². The first kappa shape index (κ1) is 16.8. The molecule has 0 fully saturated rings. The normalized spacial score (nSPS) is 15.5. The lowest BCUT2D eigenvalue weighted by Crippen LogP contribution is -2.46. The third kappa shape index (κ3) is 4.29. The summed E-state index contributed by atoms with van der Waals surface area (Å²) in [6, 6.07) is 14.4. The van der Waals surface area contributed by atoms with Crippen LogP contribution in [-0.2, 0) is 11.2 Å². The third-order valence-electron chi connectivity index (χ3n) is 4.01. The summed E-state index contributed by atoms with van der Waals surface area (Å²) in [4.78, 5) is 24.1. The minimum atomic E-state index is -0.303. The molecule has 3 rings (SSSR count). The van der Waals surface area contributed by atoms with Gasteiger partial charge in [0.1, 0.15) is 18.1 Å². The minimum Gasteiger partial charge on any atom is -0.497 e. The second-order valence-corrected chi connectivity index (χ2v) is 5.80. The Morgan fingerprint density at radius 2 is 1.92 bits per heavy atom. The van der Waals surface area contributed by atoms with Crippen LogP contribution in [0.4, 0.5) is 0 Å².